The molecule has 0 amide bonds. The number of carbonyl (C=O) groups excluding carboxylic acids is 1. The van der Waals surface area contributed by atoms with Gasteiger partial charge in [0, 0.05) is 12.4 Å². The first-order valence-corrected chi connectivity index (χ1v) is 8.79. The maximum absolute atomic E-state index is 12.4. The third-order valence-corrected chi connectivity index (χ3v) is 3.93. The lowest BCUT2D eigenvalue weighted by Crippen LogP contribution is -2.09. The lowest BCUT2D eigenvalue weighted by Gasteiger charge is -2.11. The van der Waals surface area contributed by atoms with E-state index in [-0.39, 0.29) is 0 Å². The average molecular weight is 359 g/mol. The molecule has 0 unspecified atom stereocenters. The van der Waals surface area contributed by atoms with E-state index in [2.05, 4.69) is 4.98 Å². The normalized spacial score (nSPS) is 10.7. The molecule has 3 aromatic rings. The van der Waals surface area contributed by atoms with Gasteiger partial charge in [-0.3, -0.25) is 4.98 Å². The number of benzene rings is 2. The summed E-state index contributed by atoms with van der Waals surface area (Å²) in [5.41, 5.74) is 3.60. The van der Waals surface area contributed by atoms with Crippen molar-refractivity contribution in [1.82, 2.24) is 4.98 Å². The van der Waals surface area contributed by atoms with Gasteiger partial charge in [0.2, 0.25) is 0 Å². The molecule has 0 N–H and O–H groups in total. The van der Waals surface area contributed by atoms with Gasteiger partial charge in [0.1, 0.15) is 0 Å². The third-order valence-electron chi connectivity index (χ3n) is 3.93. The molecule has 0 spiro atoms. The van der Waals surface area contributed by atoms with Crippen LogP contribution in [-0.4, -0.2) is 17.6 Å². The highest BCUT2D eigenvalue weighted by Gasteiger charge is 2.13. The Morgan fingerprint density at radius 2 is 1.63 bits per heavy atom. The van der Waals surface area contributed by atoms with Crippen LogP contribution in [0.4, 0.5) is 0 Å². The van der Waals surface area contributed by atoms with Gasteiger partial charge in [-0.2, -0.15) is 0 Å². The highest BCUT2D eigenvalue weighted by molar-refractivity contribution is 5.91. The topological polar surface area (TPSA) is 48.4 Å². The van der Waals surface area contributed by atoms with Gasteiger partial charge in [0.05, 0.1) is 12.2 Å². The summed E-state index contributed by atoms with van der Waals surface area (Å²) >= 11 is 0. The molecular formula is C23H21NO3. The van der Waals surface area contributed by atoms with E-state index in [1.807, 2.05) is 62.4 Å². The molecule has 0 aliphatic heterocycles. The minimum atomic E-state index is -0.406. The molecule has 4 nitrogen and oxygen atoms in total. The van der Waals surface area contributed by atoms with E-state index in [1.165, 1.54) is 0 Å². The van der Waals surface area contributed by atoms with Gasteiger partial charge in [-0.15, -0.1) is 0 Å². The van der Waals surface area contributed by atoms with E-state index in [4.69, 9.17) is 9.47 Å². The van der Waals surface area contributed by atoms with E-state index in [0.29, 0.717) is 23.7 Å². The number of pyridine rings is 1. The van der Waals surface area contributed by atoms with E-state index < -0.39 is 5.97 Å². The van der Waals surface area contributed by atoms with Crippen molar-refractivity contribution in [2.24, 2.45) is 0 Å². The van der Waals surface area contributed by atoms with Crippen molar-refractivity contribution in [1.29, 1.82) is 0 Å². The summed E-state index contributed by atoms with van der Waals surface area (Å²) in [7, 11) is 0. The predicted molar refractivity (Wildman–Crippen MR) is 107 cm³/mol. The van der Waals surface area contributed by atoms with Crippen molar-refractivity contribution in [2.45, 2.75) is 13.8 Å². The van der Waals surface area contributed by atoms with Gasteiger partial charge in [0.25, 0.3) is 0 Å². The quantitative estimate of drug-likeness (QED) is 0.449. The molecule has 0 bridgehead atoms. The van der Waals surface area contributed by atoms with Gasteiger partial charge in [-0.1, -0.05) is 35.9 Å². The summed E-state index contributed by atoms with van der Waals surface area (Å²) in [6.45, 7) is 4.35. The summed E-state index contributed by atoms with van der Waals surface area (Å²) < 4.78 is 11.2. The fourth-order valence-corrected chi connectivity index (χ4v) is 2.50. The Hall–Kier alpha value is -3.40. The molecule has 0 aliphatic rings. The van der Waals surface area contributed by atoms with E-state index in [1.54, 1.807) is 30.6 Å². The fraction of sp³-hybridized carbons (Fsp3) is 0.130. The molecule has 3 rings (SSSR count). The number of nitrogens with zero attached hydrogens (tertiary/aromatic N) is 1. The summed E-state index contributed by atoms with van der Waals surface area (Å²) in [4.78, 5) is 16.4. The van der Waals surface area contributed by atoms with Crippen LogP contribution < -0.4 is 9.47 Å². The van der Waals surface area contributed by atoms with Gasteiger partial charge >= 0.3 is 5.97 Å². The van der Waals surface area contributed by atoms with Crippen LogP contribution in [0, 0.1) is 6.92 Å². The first-order chi connectivity index (χ1) is 13.2. The number of hydrogen-bond acceptors (Lipinski definition) is 4. The van der Waals surface area contributed by atoms with E-state index in [9.17, 15) is 4.79 Å². The number of aryl methyl sites for hydroxylation is 1. The Balaban J connectivity index is 1.80. The van der Waals surface area contributed by atoms with Crippen LogP contribution >= 0.6 is 0 Å². The molecule has 27 heavy (non-hydrogen) atoms. The summed E-state index contributed by atoms with van der Waals surface area (Å²) in [5, 5.41) is 0. The number of ether oxygens (including phenoxy) is 2. The molecule has 0 saturated carbocycles. The Morgan fingerprint density at radius 1 is 0.926 bits per heavy atom. The Kier molecular flexibility index (Phi) is 6.00. The Labute approximate surface area is 159 Å². The van der Waals surface area contributed by atoms with Crippen molar-refractivity contribution < 1.29 is 14.3 Å². The number of carbonyl (C=O) groups is 1. The maximum Gasteiger partial charge on any atom is 0.343 e. The summed E-state index contributed by atoms with van der Waals surface area (Å²) in [6.07, 6.45) is 7.46. The van der Waals surface area contributed by atoms with Gasteiger partial charge in [-0.25, -0.2) is 4.79 Å². The lowest BCUT2D eigenvalue weighted by molar-refractivity contribution is 0.0728. The smallest absolute Gasteiger partial charge is 0.343 e. The molecule has 1 aromatic heterocycles. The molecule has 0 saturated heterocycles. The van der Waals surface area contributed by atoms with E-state index in [0.717, 1.165) is 16.7 Å². The van der Waals surface area contributed by atoms with Crippen LogP contribution in [0.2, 0.25) is 0 Å². The monoisotopic (exact) mass is 359 g/mol. The van der Waals surface area contributed by atoms with Gasteiger partial charge in [-0.05, 0) is 61.4 Å². The average Bonchev–Trinajstić information content (AvgIpc) is 2.69. The third kappa shape index (κ3) is 5.05. The minimum absolute atomic E-state index is 0.406. The van der Waals surface area contributed by atoms with Gasteiger partial charge < -0.3 is 9.47 Å². The van der Waals surface area contributed by atoms with E-state index >= 15 is 0 Å². The predicted octanol–water partition coefficient (Wildman–Crippen LogP) is 5.18. The standard InChI is InChI=1S/C23H21NO3/c1-3-26-22-16-19(7-6-18-12-14-24-15-13-18)8-11-21(22)27-23(25)20-9-4-17(2)5-10-20/h4-16H,3H2,1-2H3/b7-6+. The molecule has 4 heteroatoms. The number of esters is 1. The Morgan fingerprint density at radius 3 is 2.33 bits per heavy atom. The number of hydrogen-bond donors (Lipinski definition) is 0. The second kappa shape index (κ2) is 8.81. The van der Waals surface area contributed by atoms with Crippen molar-refractivity contribution in [3.8, 4) is 11.5 Å². The van der Waals surface area contributed by atoms with Crippen molar-refractivity contribution in [3.63, 3.8) is 0 Å². The second-order valence-corrected chi connectivity index (χ2v) is 6.01. The molecule has 1 heterocycles. The molecular weight excluding hydrogens is 338 g/mol. The fourth-order valence-electron chi connectivity index (χ4n) is 2.50. The molecule has 0 radical (unpaired) electrons. The van der Waals surface area contributed by atoms with Crippen LogP contribution in [0.1, 0.15) is 34.0 Å². The van der Waals surface area contributed by atoms with Crippen LogP contribution in [0.25, 0.3) is 12.2 Å². The highest BCUT2D eigenvalue weighted by atomic mass is 16.6. The minimum Gasteiger partial charge on any atom is -0.490 e. The largest absolute Gasteiger partial charge is 0.490 e. The zero-order valence-corrected chi connectivity index (χ0v) is 15.4. The number of rotatable bonds is 6. The van der Waals surface area contributed by atoms with Crippen molar-refractivity contribution in [3.05, 3.63) is 89.2 Å². The van der Waals surface area contributed by atoms with Crippen LogP contribution in [0.15, 0.2) is 67.0 Å². The summed E-state index contributed by atoms with van der Waals surface area (Å²) in [5.74, 6) is 0.536. The molecule has 0 atom stereocenters. The first kappa shape index (κ1) is 18.4. The molecule has 136 valence electrons. The zero-order valence-electron chi connectivity index (χ0n) is 15.4. The SMILES string of the molecule is CCOc1cc(/C=C/c2ccncc2)ccc1OC(=O)c1ccc(C)cc1. The zero-order chi connectivity index (χ0) is 19.1. The molecule has 0 aliphatic carbocycles. The molecule has 2 aromatic carbocycles. The number of aromatic nitrogens is 1. The Bertz CT molecular complexity index is 932. The van der Waals surface area contributed by atoms with Crippen molar-refractivity contribution >= 4 is 18.1 Å². The lowest BCUT2D eigenvalue weighted by atomic mass is 10.1. The van der Waals surface area contributed by atoms with Gasteiger partial charge in [0.15, 0.2) is 11.5 Å². The van der Waals surface area contributed by atoms with Crippen molar-refractivity contribution in [2.75, 3.05) is 6.61 Å². The maximum atomic E-state index is 12.4. The first-order valence-electron chi connectivity index (χ1n) is 8.79. The molecule has 0 fully saturated rings. The highest BCUT2D eigenvalue weighted by Crippen LogP contribution is 2.30. The van der Waals surface area contributed by atoms with Crippen LogP contribution in [0.3, 0.4) is 0 Å². The second-order valence-electron chi connectivity index (χ2n) is 6.01. The van der Waals surface area contributed by atoms with Crippen LogP contribution in [-0.2, 0) is 0 Å². The van der Waals surface area contributed by atoms with Crippen LogP contribution in [0.5, 0.6) is 11.5 Å². The summed E-state index contributed by atoms with van der Waals surface area (Å²) in [6, 6.07) is 16.6.